The molecule has 0 atom stereocenters. The van der Waals surface area contributed by atoms with Crippen molar-refractivity contribution in [2.24, 2.45) is 0 Å². The highest BCUT2D eigenvalue weighted by molar-refractivity contribution is 5.86. The summed E-state index contributed by atoms with van der Waals surface area (Å²) < 4.78 is 0. The van der Waals surface area contributed by atoms with E-state index in [9.17, 15) is 4.79 Å². The third-order valence-corrected chi connectivity index (χ3v) is 2.75. The van der Waals surface area contributed by atoms with Crippen LogP contribution in [0.15, 0.2) is 6.33 Å². The van der Waals surface area contributed by atoms with Crippen molar-refractivity contribution in [3.8, 4) is 0 Å². The van der Waals surface area contributed by atoms with Crippen molar-refractivity contribution in [1.82, 2.24) is 14.9 Å². The van der Waals surface area contributed by atoms with Gasteiger partial charge in [-0.25, -0.2) is 9.78 Å². The molecule has 0 bridgehead atoms. The highest BCUT2D eigenvalue weighted by atomic mass is 16.4. The molecule has 1 saturated heterocycles. The fraction of sp³-hybridized carbons (Fsp3) is 0.600. The Morgan fingerprint density at radius 2 is 2.20 bits per heavy atom. The number of aromatic nitrogens is 2. The Balaban J connectivity index is 2.03. The van der Waals surface area contributed by atoms with Gasteiger partial charge >= 0.3 is 5.97 Å². The SMILES string of the molecule is O=C(O)c1nc[nH]c1CN1CCCCC1. The van der Waals surface area contributed by atoms with Crippen molar-refractivity contribution in [1.29, 1.82) is 0 Å². The number of carboxylic acids is 1. The first kappa shape index (κ1) is 10.2. The van der Waals surface area contributed by atoms with E-state index >= 15 is 0 Å². The zero-order valence-corrected chi connectivity index (χ0v) is 8.57. The summed E-state index contributed by atoms with van der Waals surface area (Å²) >= 11 is 0. The molecule has 0 unspecified atom stereocenters. The second-order valence-corrected chi connectivity index (χ2v) is 3.87. The Morgan fingerprint density at radius 3 is 2.87 bits per heavy atom. The Kier molecular flexibility index (Phi) is 3.01. The molecule has 82 valence electrons. The van der Waals surface area contributed by atoms with Crippen molar-refractivity contribution in [3.63, 3.8) is 0 Å². The maximum absolute atomic E-state index is 10.8. The molecule has 2 N–H and O–H groups in total. The van der Waals surface area contributed by atoms with Gasteiger partial charge in [-0.15, -0.1) is 0 Å². The lowest BCUT2D eigenvalue weighted by molar-refractivity contribution is 0.0688. The Bertz CT molecular complexity index is 342. The summed E-state index contributed by atoms with van der Waals surface area (Å²) in [7, 11) is 0. The lowest BCUT2D eigenvalue weighted by Gasteiger charge is -2.25. The number of nitrogens with zero attached hydrogens (tertiary/aromatic N) is 2. The third-order valence-electron chi connectivity index (χ3n) is 2.75. The van der Waals surface area contributed by atoms with E-state index in [1.807, 2.05) is 0 Å². The largest absolute Gasteiger partial charge is 0.476 e. The number of H-pyrrole nitrogens is 1. The molecule has 0 amide bonds. The highest BCUT2D eigenvalue weighted by Gasteiger charge is 2.17. The fourth-order valence-corrected chi connectivity index (χ4v) is 1.97. The molecule has 1 aliphatic rings. The number of rotatable bonds is 3. The van der Waals surface area contributed by atoms with E-state index in [-0.39, 0.29) is 5.69 Å². The molecule has 1 aromatic heterocycles. The van der Waals surface area contributed by atoms with Crippen LogP contribution in [0.4, 0.5) is 0 Å². The summed E-state index contributed by atoms with van der Waals surface area (Å²) in [5, 5.41) is 8.88. The minimum absolute atomic E-state index is 0.153. The molecule has 1 aliphatic heterocycles. The van der Waals surface area contributed by atoms with Gasteiger partial charge in [0, 0.05) is 6.54 Å². The topological polar surface area (TPSA) is 69.2 Å². The van der Waals surface area contributed by atoms with Crippen LogP contribution in [0.2, 0.25) is 0 Å². The zero-order valence-electron chi connectivity index (χ0n) is 8.57. The number of carboxylic acid groups (broad SMARTS) is 1. The number of aromatic carboxylic acids is 1. The van der Waals surface area contributed by atoms with Crippen LogP contribution in [0.5, 0.6) is 0 Å². The van der Waals surface area contributed by atoms with Gasteiger partial charge in [0.05, 0.1) is 12.0 Å². The number of nitrogens with one attached hydrogen (secondary N) is 1. The van der Waals surface area contributed by atoms with E-state index in [1.54, 1.807) is 0 Å². The first-order valence-electron chi connectivity index (χ1n) is 5.25. The Hall–Kier alpha value is -1.36. The van der Waals surface area contributed by atoms with Crippen molar-refractivity contribution in [3.05, 3.63) is 17.7 Å². The van der Waals surface area contributed by atoms with Crippen LogP contribution < -0.4 is 0 Å². The van der Waals surface area contributed by atoms with Crippen molar-refractivity contribution in [2.45, 2.75) is 25.8 Å². The van der Waals surface area contributed by atoms with E-state index in [0.29, 0.717) is 12.2 Å². The van der Waals surface area contributed by atoms with E-state index in [1.165, 1.54) is 25.6 Å². The number of likely N-dealkylation sites (tertiary alicyclic amines) is 1. The van der Waals surface area contributed by atoms with Gasteiger partial charge < -0.3 is 10.1 Å². The molecule has 5 heteroatoms. The summed E-state index contributed by atoms with van der Waals surface area (Å²) in [4.78, 5) is 19.8. The van der Waals surface area contributed by atoms with E-state index in [0.717, 1.165) is 13.1 Å². The lowest BCUT2D eigenvalue weighted by atomic mass is 10.1. The molecule has 0 spiro atoms. The first-order chi connectivity index (χ1) is 7.27. The minimum Gasteiger partial charge on any atom is -0.476 e. The van der Waals surface area contributed by atoms with Gasteiger partial charge in [0.2, 0.25) is 0 Å². The van der Waals surface area contributed by atoms with Crippen molar-refractivity contribution < 1.29 is 9.90 Å². The summed E-state index contributed by atoms with van der Waals surface area (Å²) in [5.74, 6) is -0.955. The van der Waals surface area contributed by atoms with Crippen LogP contribution in [-0.2, 0) is 6.54 Å². The van der Waals surface area contributed by atoms with Gasteiger partial charge in [-0.05, 0) is 25.9 Å². The van der Waals surface area contributed by atoms with Gasteiger partial charge in [-0.2, -0.15) is 0 Å². The molecule has 15 heavy (non-hydrogen) atoms. The zero-order chi connectivity index (χ0) is 10.7. The normalized spacial score (nSPS) is 17.9. The molecule has 1 fully saturated rings. The van der Waals surface area contributed by atoms with Crippen molar-refractivity contribution >= 4 is 5.97 Å². The molecular formula is C10H15N3O2. The monoisotopic (exact) mass is 209 g/mol. The summed E-state index contributed by atoms with van der Waals surface area (Å²) in [5.41, 5.74) is 0.866. The molecular weight excluding hydrogens is 194 g/mol. The molecule has 5 nitrogen and oxygen atoms in total. The maximum Gasteiger partial charge on any atom is 0.356 e. The van der Waals surface area contributed by atoms with Crippen LogP contribution >= 0.6 is 0 Å². The number of piperidine rings is 1. The Morgan fingerprint density at radius 1 is 1.47 bits per heavy atom. The molecule has 2 rings (SSSR count). The van der Waals surface area contributed by atoms with Gasteiger partial charge in [0.25, 0.3) is 0 Å². The summed E-state index contributed by atoms with van der Waals surface area (Å²) in [6.45, 7) is 2.78. The molecule has 1 aromatic rings. The number of aromatic amines is 1. The van der Waals surface area contributed by atoms with Crippen LogP contribution in [0.25, 0.3) is 0 Å². The average molecular weight is 209 g/mol. The van der Waals surface area contributed by atoms with Crippen molar-refractivity contribution in [2.75, 3.05) is 13.1 Å². The molecule has 0 aromatic carbocycles. The van der Waals surface area contributed by atoms with E-state index in [2.05, 4.69) is 14.9 Å². The minimum atomic E-state index is -0.955. The molecule has 0 radical (unpaired) electrons. The third kappa shape index (κ3) is 2.36. The standard InChI is InChI=1S/C10H15N3O2/c14-10(15)9-8(11-7-12-9)6-13-4-2-1-3-5-13/h7H,1-6H2,(H,11,12)(H,14,15). The van der Waals surface area contributed by atoms with E-state index < -0.39 is 5.97 Å². The van der Waals surface area contributed by atoms with Gasteiger partial charge in [-0.3, -0.25) is 4.90 Å². The summed E-state index contributed by atoms with van der Waals surface area (Å²) in [6.07, 6.45) is 5.14. The molecule has 0 saturated carbocycles. The molecule has 2 heterocycles. The maximum atomic E-state index is 10.8. The second-order valence-electron chi connectivity index (χ2n) is 3.87. The average Bonchev–Trinajstić information content (AvgIpc) is 2.67. The highest BCUT2D eigenvalue weighted by Crippen LogP contribution is 2.13. The first-order valence-corrected chi connectivity index (χ1v) is 5.25. The predicted octanol–water partition coefficient (Wildman–Crippen LogP) is 1.09. The van der Waals surface area contributed by atoms with Gasteiger partial charge in [-0.1, -0.05) is 6.42 Å². The van der Waals surface area contributed by atoms with Gasteiger partial charge in [0.15, 0.2) is 5.69 Å². The van der Waals surface area contributed by atoms with Gasteiger partial charge in [0.1, 0.15) is 0 Å². The quantitative estimate of drug-likeness (QED) is 0.782. The van der Waals surface area contributed by atoms with Crippen LogP contribution in [0, 0.1) is 0 Å². The summed E-state index contributed by atoms with van der Waals surface area (Å²) in [6, 6.07) is 0. The van der Waals surface area contributed by atoms with Crippen LogP contribution in [-0.4, -0.2) is 39.0 Å². The molecule has 0 aliphatic carbocycles. The van der Waals surface area contributed by atoms with Crippen LogP contribution in [0.3, 0.4) is 0 Å². The number of carbonyl (C=O) groups is 1. The Labute approximate surface area is 88.1 Å². The lowest BCUT2D eigenvalue weighted by Crippen LogP contribution is -2.29. The number of hydrogen-bond donors (Lipinski definition) is 2. The predicted molar refractivity (Wildman–Crippen MR) is 54.7 cm³/mol. The van der Waals surface area contributed by atoms with Crippen LogP contribution in [0.1, 0.15) is 35.4 Å². The second kappa shape index (κ2) is 4.44. The smallest absolute Gasteiger partial charge is 0.356 e. The fourth-order valence-electron chi connectivity index (χ4n) is 1.97. The van der Waals surface area contributed by atoms with E-state index in [4.69, 9.17) is 5.11 Å². The number of imidazole rings is 1. The number of hydrogen-bond acceptors (Lipinski definition) is 3.